The van der Waals surface area contributed by atoms with Gasteiger partial charge in [-0.3, -0.25) is 9.59 Å². The van der Waals surface area contributed by atoms with Crippen molar-refractivity contribution in [2.24, 2.45) is 5.73 Å². The quantitative estimate of drug-likeness (QED) is 0.877. The Morgan fingerprint density at radius 3 is 2.69 bits per heavy atom. The van der Waals surface area contributed by atoms with Crippen LogP contribution in [-0.2, 0) is 4.79 Å². The highest BCUT2D eigenvalue weighted by Gasteiger charge is 2.16. The van der Waals surface area contributed by atoms with Gasteiger partial charge < -0.3 is 11.1 Å². The lowest BCUT2D eigenvalue weighted by Crippen LogP contribution is -2.42. The van der Waals surface area contributed by atoms with Crippen molar-refractivity contribution in [3.8, 4) is 0 Å². The van der Waals surface area contributed by atoms with E-state index >= 15 is 0 Å². The first-order valence-corrected chi connectivity index (χ1v) is 5.26. The molecule has 0 saturated heterocycles. The second-order valence-corrected chi connectivity index (χ2v) is 4.14. The molecule has 0 aromatic heterocycles. The molecule has 0 heterocycles. The molecule has 4 nitrogen and oxygen atoms in total. The second-order valence-electron chi connectivity index (χ2n) is 3.22. The fraction of sp³-hybridized carbons (Fsp3) is 0.200. The summed E-state index contributed by atoms with van der Waals surface area (Å²) < 4.78 is 13.8. The van der Waals surface area contributed by atoms with Gasteiger partial charge >= 0.3 is 0 Å². The van der Waals surface area contributed by atoms with Crippen LogP contribution in [0.15, 0.2) is 22.7 Å². The van der Waals surface area contributed by atoms with Gasteiger partial charge in [0.25, 0.3) is 5.91 Å². The highest BCUT2D eigenvalue weighted by atomic mass is 79.9. The van der Waals surface area contributed by atoms with Gasteiger partial charge in [-0.25, -0.2) is 4.39 Å². The van der Waals surface area contributed by atoms with Gasteiger partial charge in [0.1, 0.15) is 11.9 Å². The minimum absolute atomic E-state index is 0.137. The Morgan fingerprint density at radius 2 is 2.12 bits per heavy atom. The maximum atomic E-state index is 13.3. The molecule has 0 bridgehead atoms. The van der Waals surface area contributed by atoms with Gasteiger partial charge in [-0.05, 0) is 25.1 Å². The zero-order valence-electron chi connectivity index (χ0n) is 8.46. The Kier molecular flexibility index (Phi) is 4.00. The van der Waals surface area contributed by atoms with Gasteiger partial charge in [0, 0.05) is 4.47 Å². The second kappa shape index (κ2) is 5.07. The normalized spacial score (nSPS) is 11.9. The maximum absolute atomic E-state index is 13.3. The smallest absolute Gasteiger partial charge is 0.254 e. The lowest BCUT2D eigenvalue weighted by molar-refractivity contribution is -0.119. The molecular formula is C10H10BrFN2O2. The van der Waals surface area contributed by atoms with E-state index in [0.717, 1.165) is 6.07 Å². The molecule has 0 radical (unpaired) electrons. The Morgan fingerprint density at radius 1 is 1.50 bits per heavy atom. The number of carbonyl (C=O) groups is 2. The van der Waals surface area contributed by atoms with E-state index in [4.69, 9.17) is 5.73 Å². The number of rotatable bonds is 3. The molecule has 3 N–H and O–H groups in total. The molecular weight excluding hydrogens is 279 g/mol. The summed E-state index contributed by atoms with van der Waals surface area (Å²) in [4.78, 5) is 22.3. The van der Waals surface area contributed by atoms with Crippen molar-refractivity contribution in [3.05, 3.63) is 34.1 Å². The van der Waals surface area contributed by atoms with Crippen LogP contribution in [0.2, 0.25) is 0 Å². The Balaban J connectivity index is 2.88. The third-order valence-electron chi connectivity index (χ3n) is 1.95. The van der Waals surface area contributed by atoms with Gasteiger partial charge in [-0.15, -0.1) is 0 Å². The Labute approximate surface area is 100 Å². The van der Waals surface area contributed by atoms with Gasteiger partial charge in [0.2, 0.25) is 5.91 Å². The van der Waals surface area contributed by atoms with Crippen molar-refractivity contribution in [1.29, 1.82) is 0 Å². The standard InChI is InChI=1S/C10H10BrFN2O2/c1-5(9(13)15)14-10(16)7-4-6(11)2-3-8(7)12/h2-5H,1H3,(H2,13,15)(H,14,16)/t5-/m1/s1. The fourth-order valence-corrected chi connectivity index (χ4v) is 1.38. The van der Waals surface area contributed by atoms with Gasteiger partial charge in [-0.2, -0.15) is 0 Å². The predicted octanol–water partition coefficient (Wildman–Crippen LogP) is 1.19. The molecule has 1 rings (SSSR count). The predicted molar refractivity (Wildman–Crippen MR) is 60.2 cm³/mol. The SMILES string of the molecule is C[C@@H](NC(=O)c1cc(Br)ccc1F)C(N)=O. The molecule has 86 valence electrons. The van der Waals surface area contributed by atoms with Gasteiger partial charge in [-0.1, -0.05) is 15.9 Å². The highest BCUT2D eigenvalue weighted by molar-refractivity contribution is 9.10. The monoisotopic (exact) mass is 288 g/mol. The number of amides is 2. The zero-order valence-corrected chi connectivity index (χ0v) is 10.0. The number of nitrogens with one attached hydrogen (secondary N) is 1. The zero-order chi connectivity index (χ0) is 12.3. The summed E-state index contributed by atoms with van der Waals surface area (Å²) in [6, 6.07) is 3.13. The van der Waals surface area contributed by atoms with Crippen molar-refractivity contribution >= 4 is 27.7 Å². The third kappa shape index (κ3) is 3.03. The summed E-state index contributed by atoms with van der Waals surface area (Å²) >= 11 is 3.12. The Bertz CT molecular complexity index is 437. The van der Waals surface area contributed by atoms with Gasteiger partial charge in [0.15, 0.2) is 0 Å². The van der Waals surface area contributed by atoms with Crippen LogP contribution in [-0.4, -0.2) is 17.9 Å². The van der Waals surface area contributed by atoms with E-state index in [9.17, 15) is 14.0 Å². The number of hydrogen-bond donors (Lipinski definition) is 2. The fourth-order valence-electron chi connectivity index (χ4n) is 1.02. The third-order valence-corrected chi connectivity index (χ3v) is 2.44. The maximum Gasteiger partial charge on any atom is 0.254 e. The topological polar surface area (TPSA) is 72.2 Å². The average Bonchev–Trinajstić information content (AvgIpc) is 2.21. The first-order valence-electron chi connectivity index (χ1n) is 4.47. The van der Waals surface area contributed by atoms with Crippen molar-refractivity contribution in [2.75, 3.05) is 0 Å². The number of carbonyl (C=O) groups excluding carboxylic acids is 2. The van der Waals surface area contributed by atoms with Crippen molar-refractivity contribution in [3.63, 3.8) is 0 Å². The van der Waals surface area contributed by atoms with E-state index in [0.29, 0.717) is 4.47 Å². The van der Waals surface area contributed by atoms with E-state index in [1.807, 2.05) is 0 Å². The number of primary amides is 1. The minimum Gasteiger partial charge on any atom is -0.368 e. The van der Waals surface area contributed by atoms with E-state index in [-0.39, 0.29) is 5.56 Å². The van der Waals surface area contributed by atoms with Crippen LogP contribution in [0.5, 0.6) is 0 Å². The lowest BCUT2D eigenvalue weighted by atomic mass is 10.2. The van der Waals surface area contributed by atoms with Crippen LogP contribution in [0.1, 0.15) is 17.3 Å². The van der Waals surface area contributed by atoms with Crippen molar-refractivity contribution < 1.29 is 14.0 Å². The molecule has 0 fully saturated rings. The summed E-state index contributed by atoms with van der Waals surface area (Å²) in [6.07, 6.45) is 0. The Hall–Kier alpha value is -1.43. The van der Waals surface area contributed by atoms with Crippen LogP contribution in [0.25, 0.3) is 0 Å². The van der Waals surface area contributed by atoms with E-state index in [1.165, 1.54) is 19.1 Å². The molecule has 1 atom stereocenters. The first kappa shape index (κ1) is 12.6. The molecule has 2 amide bonds. The van der Waals surface area contributed by atoms with Crippen LogP contribution in [0.3, 0.4) is 0 Å². The first-order chi connectivity index (χ1) is 7.41. The van der Waals surface area contributed by atoms with Crippen LogP contribution in [0.4, 0.5) is 4.39 Å². The van der Waals surface area contributed by atoms with Crippen LogP contribution in [0, 0.1) is 5.82 Å². The molecule has 0 unspecified atom stereocenters. The molecule has 6 heteroatoms. The average molecular weight is 289 g/mol. The van der Waals surface area contributed by atoms with Crippen LogP contribution >= 0.6 is 15.9 Å². The molecule has 0 aliphatic heterocycles. The minimum atomic E-state index is -0.842. The number of hydrogen-bond acceptors (Lipinski definition) is 2. The van der Waals surface area contributed by atoms with Crippen LogP contribution < -0.4 is 11.1 Å². The van der Waals surface area contributed by atoms with E-state index in [1.54, 1.807) is 0 Å². The molecule has 1 aromatic rings. The molecule has 1 aromatic carbocycles. The molecule has 0 spiro atoms. The largest absolute Gasteiger partial charge is 0.368 e. The summed E-state index contributed by atoms with van der Waals surface area (Å²) in [5.41, 5.74) is 4.84. The summed E-state index contributed by atoms with van der Waals surface area (Å²) in [5.74, 6) is -2.01. The summed E-state index contributed by atoms with van der Waals surface area (Å²) in [5, 5.41) is 2.29. The van der Waals surface area contributed by atoms with Gasteiger partial charge in [0.05, 0.1) is 5.56 Å². The summed E-state index contributed by atoms with van der Waals surface area (Å²) in [7, 11) is 0. The molecule has 0 aliphatic carbocycles. The number of halogens is 2. The van der Waals surface area contributed by atoms with Crippen molar-refractivity contribution in [1.82, 2.24) is 5.32 Å². The lowest BCUT2D eigenvalue weighted by Gasteiger charge is -2.10. The summed E-state index contributed by atoms with van der Waals surface area (Å²) in [6.45, 7) is 1.43. The molecule has 16 heavy (non-hydrogen) atoms. The van der Waals surface area contributed by atoms with E-state index < -0.39 is 23.7 Å². The highest BCUT2D eigenvalue weighted by Crippen LogP contribution is 2.15. The number of nitrogens with two attached hydrogens (primary N) is 1. The molecule has 0 aliphatic rings. The van der Waals surface area contributed by atoms with E-state index in [2.05, 4.69) is 21.2 Å². The molecule has 0 saturated carbocycles. The van der Waals surface area contributed by atoms with Crippen molar-refractivity contribution in [2.45, 2.75) is 13.0 Å². The number of benzene rings is 1.